The van der Waals surface area contributed by atoms with Gasteiger partial charge in [-0.25, -0.2) is 9.97 Å². The molecule has 2 heterocycles. The molecule has 0 saturated carbocycles. The molecule has 0 N–H and O–H groups in total. The molecule has 0 bridgehead atoms. The highest BCUT2D eigenvalue weighted by Crippen LogP contribution is 2.32. The molecule has 78 valence electrons. The Balaban J connectivity index is 2.61. The van der Waals surface area contributed by atoms with Crippen molar-refractivity contribution in [2.24, 2.45) is 0 Å². The van der Waals surface area contributed by atoms with Crippen LogP contribution in [0.3, 0.4) is 0 Å². The first-order valence-electron chi connectivity index (χ1n) is 4.73. The van der Waals surface area contributed by atoms with E-state index in [4.69, 9.17) is 11.6 Å². The molecule has 0 aromatic carbocycles. The topological polar surface area (TPSA) is 25.8 Å². The van der Waals surface area contributed by atoms with Gasteiger partial charge < -0.3 is 0 Å². The largest absolute Gasteiger partial charge is 0.236 e. The summed E-state index contributed by atoms with van der Waals surface area (Å²) < 4.78 is 0. The quantitative estimate of drug-likeness (QED) is 0.740. The van der Waals surface area contributed by atoms with E-state index in [9.17, 15) is 0 Å². The van der Waals surface area contributed by atoms with E-state index in [-0.39, 0.29) is 0 Å². The van der Waals surface area contributed by atoms with Gasteiger partial charge in [0.2, 0.25) is 0 Å². The second kappa shape index (κ2) is 4.29. The van der Waals surface area contributed by atoms with Crippen LogP contribution in [0.5, 0.6) is 0 Å². The molecule has 0 aliphatic rings. The maximum atomic E-state index is 6.09. The monoisotopic (exact) mass is 238 g/mol. The van der Waals surface area contributed by atoms with Gasteiger partial charge in [-0.1, -0.05) is 25.4 Å². The molecular formula is C11H11ClN2S. The highest BCUT2D eigenvalue weighted by Gasteiger charge is 2.14. The van der Waals surface area contributed by atoms with Crippen LogP contribution in [0.25, 0.3) is 11.3 Å². The predicted octanol–water partition coefficient (Wildman–Crippen LogP) is 3.98. The van der Waals surface area contributed by atoms with Crippen LogP contribution in [0, 0.1) is 0 Å². The molecular weight excluding hydrogens is 228 g/mol. The van der Waals surface area contributed by atoms with Gasteiger partial charge in [0.05, 0.1) is 5.69 Å². The molecule has 0 unspecified atom stereocenters. The van der Waals surface area contributed by atoms with Crippen molar-refractivity contribution in [3.63, 3.8) is 0 Å². The van der Waals surface area contributed by atoms with E-state index in [1.54, 1.807) is 11.3 Å². The number of rotatable bonds is 2. The Hall–Kier alpha value is -0.930. The number of hydrogen-bond donors (Lipinski definition) is 0. The average molecular weight is 239 g/mol. The summed E-state index contributed by atoms with van der Waals surface area (Å²) in [6.07, 6.45) is 1.52. The van der Waals surface area contributed by atoms with Crippen LogP contribution in [0.1, 0.15) is 25.3 Å². The fraction of sp³-hybridized carbons (Fsp3) is 0.273. The first kappa shape index (κ1) is 10.6. The molecule has 0 aliphatic carbocycles. The van der Waals surface area contributed by atoms with Gasteiger partial charge in [0.15, 0.2) is 0 Å². The summed E-state index contributed by atoms with van der Waals surface area (Å²) in [6, 6.07) is 2.05. The lowest BCUT2D eigenvalue weighted by Gasteiger charge is -2.11. The predicted molar refractivity (Wildman–Crippen MR) is 64.4 cm³/mol. The van der Waals surface area contributed by atoms with E-state index < -0.39 is 0 Å². The van der Waals surface area contributed by atoms with Gasteiger partial charge in [0.1, 0.15) is 11.5 Å². The lowest BCUT2D eigenvalue weighted by Crippen LogP contribution is -1.98. The molecule has 0 atom stereocenters. The summed E-state index contributed by atoms with van der Waals surface area (Å²) in [5.41, 5.74) is 3.09. The van der Waals surface area contributed by atoms with Crippen molar-refractivity contribution < 1.29 is 0 Å². The third-order valence-electron chi connectivity index (χ3n) is 2.21. The van der Waals surface area contributed by atoms with E-state index in [1.165, 1.54) is 6.33 Å². The Labute approximate surface area is 98.0 Å². The first-order valence-corrected chi connectivity index (χ1v) is 6.05. The minimum absolute atomic E-state index is 0.327. The third kappa shape index (κ3) is 2.03. The zero-order chi connectivity index (χ0) is 10.8. The fourth-order valence-corrected chi connectivity index (χ4v) is 2.51. The van der Waals surface area contributed by atoms with Crippen LogP contribution < -0.4 is 0 Å². The molecule has 2 aromatic heterocycles. The summed E-state index contributed by atoms with van der Waals surface area (Å²) in [5, 5.41) is 4.67. The highest BCUT2D eigenvalue weighted by atomic mass is 35.5. The number of nitrogens with zero attached hydrogens (tertiary/aromatic N) is 2. The van der Waals surface area contributed by atoms with E-state index in [0.29, 0.717) is 11.1 Å². The molecule has 0 amide bonds. The van der Waals surface area contributed by atoms with Gasteiger partial charge in [0.25, 0.3) is 0 Å². The summed E-state index contributed by atoms with van der Waals surface area (Å²) >= 11 is 7.75. The van der Waals surface area contributed by atoms with Crippen LogP contribution in [0.4, 0.5) is 0 Å². The van der Waals surface area contributed by atoms with Crippen LogP contribution in [-0.2, 0) is 0 Å². The Morgan fingerprint density at radius 2 is 2.13 bits per heavy atom. The minimum atomic E-state index is 0.327. The highest BCUT2D eigenvalue weighted by molar-refractivity contribution is 7.08. The van der Waals surface area contributed by atoms with Gasteiger partial charge in [0, 0.05) is 16.5 Å². The minimum Gasteiger partial charge on any atom is -0.236 e. The van der Waals surface area contributed by atoms with Crippen LogP contribution >= 0.6 is 22.9 Å². The van der Waals surface area contributed by atoms with Crippen molar-refractivity contribution in [2.75, 3.05) is 0 Å². The second-order valence-corrected chi connectivity index (χ2v) is 4.73. The number of aromatic nitrogens is 2. The maximum absolute atomic E-state index is 6.09. The molecule has 0 spiro atoms. The van der Waals surface area contributed by atoms with E-state index in [0.717, 1.165) is 16.8 Å². The molecule has 2 aromatic rings. The molecule has 2 nitrogen and oxygen atoms in total. The molecule has 4 heteroatoms. The second-order valence-electron chi connectivity index (χ2n) is 3.59. The Morgan fingerprint density at radius 1 is 1.33 bits per heavy atom. The van der Waals surface area contributed by atoms with Gasteiger partial charge in [-0.15, -0.1) is 0 Å². The van der Waals surface area contributed by atoms with E-state index in [2.05, 4.69) is 35.3 Å². The SMILES string of the molecule is CC(C)c1c(Cl)ncnc1-c1ccsc1. The molecule has 0 saturated heterocycles. The lowest BCUT2D eigenvalue weighted by molar-refractivity contribution is 0.850. The molecule has 15 heavy (non-hydrogen) atoms. The molecule has 2 rings (SSSR count). The van der Waals surface area contributed by atoms with Gasteiger partial charge in [-0.05, 0) is 17.4 Å². The van der Waals surface area contributed by atoms with Gasteiger partial charge in [-0.3, -0.25) is 0 Å². The van der Waals surface area contributed by atoms with E-state index >= 15 is 0 Å². The summed E-state index contributed by atoms with van der Waals surface area (Å²) in [5.74, 6) is 0.327. The zero-order valence-corrected chi connectivity index (χ0v) is 10.1. The van der Waals surface area contributed by atoms with Crippen molar-refractivity contribution in [1.82, 2.24) is 9.97 Å². The first-order chi connectivity index (χ1) is 7.20. The average Bonchev–Trinajstić information content (AvgIpc) is 2.69. The lowest BCUT2D eigenvalue weighted by atomic mass is 10.0. The van der Waals surface area contributed by atoms with Gasteiger partial charge >= 0.3 is 0 Å². The van der Waals surface area contributed by atoms with Crippen LogP contribution in [0.2, 0.25) is 5.15 Å². The molecule has 0 fully saturated rings. The third-order valence-corrected chi connectivity index (χ3v) is 3.19. The van der Waals surface area contributed by atoms with Crippen molar-refractivity contribution in [3.05, 3.63) is 33.9 Å². The Bertz CT molecular complexity index is 452. The van der Waals surface area contributed by atoms with Crippen molar-refractivity contribution >= 4 is 22.9 Å². The normalized spacial score (nSPS) is 10.9. The molecule has 0 radical (unpaired) electrons. The summed E-state index contributed by atoms with van der Waals surface area (Å²) in [7, 11) is 0. The molecule has 0 aliphatic heterocycles. The van der Waals surface area contributed by atoms with E-state index in [1.807, 2.05) is 5.38 Å². The number of thiophene rings is 1. The van der Waals surface area contributed by atoms with Crippen molar-refractivity contribution in [1.29, 1.82) is 0 Å². The van der Waals surface area contributed by atoms with Crippen LogP contribution in [0.15, 0.2) is 23.2 Å². The van der Waals surface area contributed by atoms with Crippen molar-refractivity contribution in [2.45, 2.75) is 19.8 Å². The smallest absolute Gasteiger partial charge is 0.136 e. The van der Waals surface area contributed by atoms with Crippen molar-refractivity contribution in [3.8, 4) is 11.3 Å². The maximum Gasteiger partial charge on any atom is 0.136 e. The summed E-state index contributed by atoms with van der Waals surface area (Å²) in [4.78, 5) is 8.34. The zero-order valence-electron chi connectivity index (χ0n) is 8.57. The fourth-order valence-electron chi connectivity index (χ4n) is 1.51. The van der Waals surface area contributed by atoms with Crippen LogP contribution in [-0.4, -0.2) is 9.97 Å². The number of halogens is 1. The van der Waals surface area contributed by atoms with Gasteiger partial charge in [-0.2, -0.15) is 11.3 Å². The standard InChI is InChI=1S/C11H11ClN2S/c1-7(2)9-10(8-3-4-15-5-8)13-6-14-11(9)12/h3-7H,1-2H3. The number of hydrogen-bond acceptors (Lipinski definition) is 3. The Kier molecular flexibility index (Phi) is 3.03. The summed E-state index contributed by atoms with van der Waals surface area (Å²) in [6.45, 7) is 4.20. The Morgan fingerprint density at radius 3 is 2.73 bits per heavy atom.